The van der Waals surface area contributed by atoms with Gasteiger partial charge in [0.05, 0.1) is 16.9 Å². The Labute approximate surface area is 136 Å². The van der Waals surface area contributed by atoms with Crippen LogP contribution < -0.4 is 4.74 Å². The first-order chi connectivity index (χ1) is 11.5. The molecule has 1 aromatic heterocycles. The minimum Gasteiger partial charge on any atom is -0.452 e. The number of nitrogens with zero attached hydrogens (tertiary/aromatic N) is 2. The topological polar surface area (TPSA) is 99.4 Å². The maximum absolute atomic E-state index is 12.8. The summed E-state index contributed by atoms with van der Waals surface area (Å²) in [5.41, 5.74) is 0.696. The Morgan fingerprint density at radius 3 is 2.50 bits per heavy atom. The monoisotopic (exact) mass is 342 g/mol. The molecule has 2 aromatic carbocycles. The number of carbonyl (C=O) groups is 1. The number of fused-ring (bicyclic) bond motifs is 2. The molecule has 120 valence electrons. The third-order valence-corrected chi connectivity index (χ3v) is 5.62. The van der Waals surface area contributed by atoms with Crippen molar-refractivity contribution < 1.29 is 22.4 Å². The second kappa shape index (κ2) is 5.00. The molecule has 8 heteroatoms. The van der Waals surface area contributed by atoms with Gasteiger partial charge in [-0.15, -0.1) is 5.10 Å². The van der Waals surface area contributed by atoms with Gasteiger partial charge in [-0.2, -0.15) is 0 Å². The molecule has 1 aliphatic rings. The van der Waals surface area contributed by atoms with Gasteiger partial charge >= 0.3 is 6.08 Å². The van der Waals surface area contributed by atoms with Crippen molar-refractivity contribution in [2.45, 2.75) is 9.79 Å². The Bertz CT molecular complexity index is 1090. The quantitative estimate of drug-likeness (QED) is 0.550. The largest absolute Gasteiger partial charge is 0.452 e. The zero-order valence-electron chi connectivity index (χ0n) is 12.4. The van der Waals surface area contributed by atoms with Crippen LogP contribution in [0.1, 0.15) is 15.9 Å². The highest BCUT2D eigenvalue weighted by Gasteiger charge is 2.34. The molecule has 7 nitrogen and oxygen atoms in total. The van der Waals surface area contributed by atoms with Crippen molar-refractivity contribution >= 4 is 15.6 Å². The number of hydrogen-bond donors (Lipinski definition) is 0. The van der Waals surface area contributed by atoms with Crippen LogP contribution in [-0.4, -0.2) is 31.5 Å². The lowest BCUT2D eigenvalue weighted by Gasteiger charge is -2.18. The van der Waals surface area contributed by atoms with E-state index in [9.17, 15) is 13.2 Å². The number of rotatable bonds is 2. The van der Waals surface area contributed by atoms with Crippen LogP contribution in [0.2, 0.25) is 0 Å². The lowest BCUT2D eigenvalue weighted by molar-refractivity contribution is 0.103. The lowest BCUT2D eigenvalue weighted by atomic mass is 10.0. The summed E-state index contributed by atoms with van der Waals surface area (Å²) in [5, 5.41) is 7.45. The molecule has 0 radical (unpaired) electrons. The van der Waals surface area contributed by atoms with Crippen molar-refractivity contribution in [3.8, 4) is 17.5 Å². The predicted octanol–water partition coefficient (Wildman–Crippen LogP) is 2.12. The van der Waals surface area contributed by atoms with Crippen molar-refractivity contribution in [2.75, 3.05) is 7.11 Å². The van der Waals surface area contributed by atoms with E-state index >= 15 is 0 Å². The molecule has 0 saturated heterocycles. The Balaban J connectivity index is 1.94. The molecule has 4 rings (SSSR count). The molecule has 0 spiro atoms. The van der Waals surface area contributed by atoms with Crippen molar-refractivity contribution in [1.29, 1.82) is 0 Å². The molecule has 0 atom stereocenters. The van der Waals surface area contributed by atoms with Gasteiger partial charge in [0.25, 0.3) is 5.89 Å². The first-order valence-electron chi connectivity index (χ1n) is 6.93. The van der Waals surface area contributed by atoms with Gasteiger partial charge in [-0.3, -0.25) is 4.79 Å². The van der Waals surface area contributed by atoms with Crippen LogP contribution in [0.15, 0.2) is 56.7 Å². The molecule has 0 saturated carbocycles. The fourth-order valence-electron chi connectivity index (χ4n) is 2.63. The highest BCUT2D eigenvalue weighted by atomic mass is 32.2. The molecule has 0 fully saturated rings. The van der Waals surface area contributed by atoms with E-state index < -0.39 is 9.84 Å². The number of ketones is 1. The number of sulfone groups is 1. The van der Waals surface area contributed by atoms with Crippen LogP contribution in [0.5, 0.6) is 6.08 Å². The van der Waals surface area contributed by atoms with Crippen LogP contribution in [0, 0.1) is 0 Å². The summed E-state index contributed by atoms with van der Waals surface area (Å²) in [6.45, 7) is 0. The third-order valence-electron chi connectivity index (χ3n) is 3.76. The fourth-order valence-corrected chi connectivity index (χ4v) is 4.30. The third kappa shape index (κ3) is 1.96. The first kappa shape index (κ1) is 14.6. The van der Waals surface area contributed by atoms with Gasteiger partial charge in [0, 0.05) is 16.7 Å². The zero-order chi connectivity index (χ0) is 16.9. The number of carbonyl (C=O) groups excluding carboxylic acids is 1. The van der Waals surface area contributed by atoms with E-state index in [1.165, 1.54) is 31.4 Å². The Kier molecular flexibility index (Phi) is 3.04. The van der Waals surface area contributed by atoms with Gasteiger partial charge in [-0.25, -0.2) is 8.42 Å². The highest BCUT2D eigenvalue weighted by Crippen LogP contribution is 2.36. The summed E-state index contributed by atoms with van der Waals surface area (Å²) in [6, 6.07) is 10.5. The first-order valence-corrected chi connectivity index (χ1v) is 8.41. The maximum Gasteiger partial charge on any atom is 0.414 e. The summed E-state index contributed by atoms with van der Waals surface area (Å²) in [7, 11) is -2.43. The number of methoxy groups -OCH3 is 1. The highest BCUT2D eigenvalue weighted by molar-refractivity contribution is 7.91. The molecule has 1 aliphatic heterocycles. The fraction of sp³-hybridized carbons (Fsp3) is 0.0625. The van der Waals surface area contributed by atoms with Gasteiger partial charge in [-0.05, 0) is 30.3 Å². The molecule has 0 amide bonds. The van der Waals surface area contributed by atoms with E-state index in [1.54, 1.807) is 18.2 Å². The van der Waals surface area contributed by atoms with E-state index in [1.807, 2.05) is 0 Å². The van der Waals surface area contributed by atoms with Crippen molar-refractivity contribution in [3.63, 3.8) is 0 Å². The molecule has 0 unspecified atom stereocenters. The number of aromatic nitrogens is 2. The van der Waals surface area contributed by atoms with Crippen molar-refractivity contribution in [1.82, 2.24) is 10.2 Å². The normalized spacial score (nSPS) is 14.8. The average Bonchev–Trinajstić information content (AvgIpc) is 3.09. The van der Waals surface area contributed by atoms with E-state index in [0.29, 0.717) is 5.56 Å². The predicted molar refractivity (Wildman–Crippen MR) is 81.6 cm³/mol. The lowest BCUT2D eigenvalue weighted by Crippen LogP contribution is -2.20. The van der Waals surface area contributed by atoms with Gasteiger partial charge in [0.1, 0.15) is 0 Å². The molecule has 0 N–H and O–H groups in total. The van der Waals surface area contributed by atoms with Crippen LogP contribution in [-0.2, 0) is 9.84 Å². The number of benzene rings is 2. The molecular formula is C16H10N2O5S. The smallest absolute Gasteiger partial charge is 0.414 e. The maximum atomic E-state index is 12.8. The van der Waals surface area contributed by atoms with E-state index in [-0.39, 0.29) is 38.7 Å². The summed E-state index contributed by atoms with van der Waals surface area (Å²) < 4.78 is 35.8. The second-order valence-electron chi connectivity index (χ2n) is 5.12. The minimum atomic E-state index is -3.81. The average molecular weight is 342 g/mol. The molecule has 24 heavy (non-hydrogen) atoms. The molecule has 2 heterocycles. The summed E-state index contributed by atoms with van der Waals surface area (Å²) in [6.07, 6.45) is -0.0352. The molecular weight excluding hydrogens is 332 g/mol. The minimum absolute atomic E-state index is 0.00256. The SMILES string of the molecule is COc1nnc(-c2ccc3c(c2)S(=O)(=O)c2ccccc2C3=O)o1. The molecule has 0 aliphatic carbocycles. The Morgan fingerprint density at radius 1 is 1.00 bits per heavy atom. The van der Waals surface area contributed by atoms with Gasteiger partial charge in [0.15, 0.2) is 5.78 Å². The van der Waals surface area contributed by atoms with Crippen LogP contribution >= 0.6 is 0 Å². The van der Waals surface area contributed by atoms with Crippen LogP contribution in [0.25, 0.3) is 11.5 Å². The number of hydrogen-bond acceptors (Lipinski definition) is 7. The van der Waals surface area contributed by atoms with Gasteiger partial charge in [-0.1, -0.05) is 17.2 Å². The van der Waals surface area contributed by atoms with E-state index in [2.05, 4.69) is 10.2 Å². The van der Waals surface area contributed by atoms with Crippen molar-refractivity contribution in [3.05, 3.63) is 53.6 Å². The Morgan fingerprint density at radius 2 is 1.75 bits per heavy atom. The standard InChI is InChI=1S/C16H10N2O5S/c1-22-16-18-17-15(23-16)9-6-7-11-13(8-9)24(20,21)12-5-3-2-4-10(12)14(11)19/h2-8H,1H3. The van der Waals surface area contributed by atoms with Crippen LogP contribution in [0.4, 0.5) is 0 Å². The summed E-state index contributed by atoms with van der Waals surface area (Å²) in [5.74, 6) is -0.221. The Hall–Kier alpha value is -3.00. The van der Waals surface area contributed by atoms with Crippen molar-refractivity contribution in [2.24, 2.45) is 0 Å². The zero-order valence-corrected chi connectivity index (χ0v) is 13.2. The molecule has 3 aromatic rings. The van der Waals surface area contributed by atoms with E-state index in [0.717, 1.165) is 0 Å². The van der Waals surface area contributed by atoms with Gasteiger partial charge in [0.2, 0.25) is 9.84 Å². The molecule has 0 bridgehead atoms. The summed E-state index contributed by atoms with van der Waals surface area (Å²) >= 11 is 0. The number of ether oxygens (including phenoxy) is 1. The van der Waals surface area contributed by atoms with Crippen LogP contribution in [0.3, 0.4) is 0 Å². The van der Waals surface area contributed by atoms with E-state index in [4.69, 9.17) is 9.15 Å². The second-order valence-corrected chi connectivity index (χ2v) is 7.00. The van der Waals surface area contributed by atoms with Gasteiger partial charge < -0.3 is 9.15 Å². The summed E-state index contributed by atoms with van der Waals surface area (Å²) in [4.78, 5) is 12.5.